The Balaban J connectivity index is 0.00000145. The van der Waals surface area contributed by atoms with Crippen molar-refractivity contribution in [2.45, 2.75) is 232 Å². The Labute approximate surface area is 359 Å². The molecule has 2 unspecified atom stereocenters. The van der Waals surface area contributed by atoms with Gasteiger partial charge in [-0.2, -0.15) is 0 Å². The van der Waals surface area contributed by atoms with Crippen LogP contribution in [-0.4, -0.2) is 85.4 Å². The van der Waals surface area contributed by atoms with Crippen LogP contribution < -0.4 is 0 Å². The van der Waals surface area contributed by atoms with E-state index < -0.39 is 0 Å². The molecule has 7 heteroatoms. The number of esters is 2. The van der Waals surface area contributed by atoms with Gasteiger partial charge < -0.3 is 19.5 Å². The Morgan fingerprint density at radius 2 is 0.879 bits per heavy atom. The van der Waals surface area contributed by atoms with Crippen molar-refractivity contribution in [3.05, 3.63) is 24.3 Å². The van der Waals surface area contributed by atoms with Crippen LogP contribution in [0.4, 0.5) is 0 Å². The number of nitrogens with zero attached hydrogens (tertiary/aromatic N) is 2. The number of ether oxygens (including phenoxy) is 2. The van der Waals surface area contributed by atoms with E-state index in [-0.39, 0.29) is 24.6 Å². The van der Waals surface area contributed by atoms with Crippen LogP contribution in [0.15, 0.2) is 24.3 Å². The molecule has 2 aliphatic rings. The number of aliphatic hydroxyl groups excluding tert-OH is 1. The van der Waals surface area contributed by atoms with E-state index >= 15 is 0 Å². The molecule has 2 aliphatic heterocycles. The highest BCUT2D eigenvalue weighted by atomic mass is 16.6. The maximum absolute atomic E-state index is 12.6. The van der Waals surface area contributed by atoms with Gasteiger partial charge >= 0.3 is 11.9 Å². The molecule has 340 valence electrons. The third-order valence-corrected chi connectivity index (χ3v) is 11.8. The van der Waals surface area contributed by atoms with E-state index in [4.69, 9.17) is 14.6 Å². The first-order chi connectivity index (χ1) is 28.5. The summed E-state index contributed by atoms with van der Waals surface area (Å²) in [6.07, 6.45) is 47.4. The molecule has 0 spiro atoms. The normalized spacial score (nSPS) is 15.9. The quantitative estimate of drug-likeness (QED) is 0.0378. The Hall–Kier alpha value is -1.70. The zero-order valence-corrected chi connectivity index (χ0v) is 38.7. The fraction of sp³-hybridized carbons (Fsp3) is 0.882. The minimum Gasteiger partial charge on any atom is -0.462 e. The first-order valence-electron chi connectivity index (χ1n) is 25.2. The molecule has 2 fully saturated rings. The topological polar surface area (TPSA) is 79.3 Å². The molecule has 0 radical (unpaired) electrons. The van der Waals surface area contributed by atoms with Crippen molar-refractivity contribution in [2.75, 3.05) is 52.5 Å². The molecular formula is C51H96N2O5. The summed E-state index contributed by atoms with van der Waals surface area (Å²) in [5.74, 6) is 0.149. The van der Waals surface area contributed by atoms with Crippen molar-refractivity contribution >= 4 is 11.9 Å². The van der Waals surface area contributed by atoms with Gasteiger partial charge in [-0.15, -0.1) is 0 Å². The number of carbonyl (C=O) groups excluding carboxylic acids is 2. The number of unbranched alkanes of at least 4 members (excludes halogenated alkanes) is 22. The largest absolute Gasteiger partial charge is 0.462 e. The smallest absolute Gasteiger partial charge is 0.306 e. The first-order valence-corrected chi connectivity index (χ1v) is 25.2. The lowest BCUT2D eigenvalue weighted by molar-refractivity contribution is -0.160. The molecule has 0 aromatic heterocycles. The van der Waals surface area contributed by atoms with Gasteiger partial charge in [-0.1, -0.05) is 148 Å². The SMILES string of the molecule is CC(CO)CN1CCCC1.CCCCCCCC/C=C\CCCCCCCC(=O)OCC(CN1CCCC1)OC(=O)CCCCCCC/C=C\CCCCCCCC. The number of allylic oxidation sites excluding steroid dienone is 4. The summed E-state index contributed by atoms with van der Waals surface area (Å²) < 4.78 is 11.4. The van der Waals surface area contributed by atoms with Gasteiger partial charge in [0.05, 0.1) is 0 Å². The maximum atomic E-state index is 12.6. The van der Waals surface area contributed by atoms with Crippen molar-refractivity contribution in [3.63, 3.8) is 0 Å². The van der Waals surface area contributed by atoms with Crippen LogP contribution >= 0.6 is 0 Å². The summed E-state index contributed by atoms with van der Waals surface area (Å²) in [7, 11) is 0. The number of hydrogen-bond acceptors (Lipinski definition) is 7. The summed E-state index contributed by atoms with van der Waals surface area (Å²) in [5.41, 5.74) is 0. The molecule has 58 heavy (non-hydrogen) atoms. The molecule has 2 heterocycles. The monoisotopic (exact) mass is 817 g/mol. The zero-order chi connectivity index (χ0) is 42.0. The summed E-state index contributed by atoms with van der Waals surface area (Å²) in [6, 6.07) is 0. The van der Waals surface area contributed by atoms with Crippen LogP contribution in [0, 0.1) is 5.92 Å². The van der Waals surface area contributed by atoms with Crippen molar-refractivity contribution in [1.82, 2.24) is 9.80 Å². The second-order valence-electron chi connectivity index (χ2n) is 17.8. The van der Waals surface area contributed by atoms with Gasteiger partial charge in [0, 0.05) is 32.5 Å². The van der Waals surface area contributed by atoms with E-state index in [1.165, 1.54) is 180 Å². The molecule has 0 saturated carbocycles. The molecular weight excluding hydrogens is 721 g/mol. The fourth-order valence-corrected chi connectivity index (χ4v) is 8.02. The lowest BCUT2D eigenvalue weighted by Crippen LogP contribution is -2.37. The van der Waals surface area contributed by atoms with E-state index in [2.05, 4.69) is 54.9 Å². The Morgan fingerprint density at radius 3 is 1.29 bits per heavy atom. The molecule has 2 atom stereocenters. The zero-order valence-electron chi connectivity index (χ0n) is 38.7. The summed E-state index contributed by atoms with van der Waals surface area (Å²) in [5, 5.41) is 8.77. The van der Waals surface area contributed by atoms with Crippen molar-refractivity contribution in [2.24, 2.45) is 5.92 Å². The first kappa shape index (κ1) is 54.3. The predicted octanol–water partition coefficient (Wildman–Crippen LogP) is 13.3. The van der Waals surface area contributed by atoms with Gasteiger partial charge in [0.25, 0.3) is 0 Å². The molecule has 0 bridgehead atoms. The predicted molar refractivity (Wildman–Crippen MR) is 247 cm³/mol. The summed E-state index contributed by atoms with van der Waals surface area (Å²) in [4.78, 5) is 29.8. The molecule has 1 N–H and O–H groups in total. The van der Waals surface area contributed by atoms with Crippen LogP contribution in [0.2, 0.25) is 0 Å². The highest BCUT2D eigenvalue weighted by Gasteiger charge is 2.22. The number of rotatable bonds is 38. The van der Waals surface area contributed by atoms with Crippen LogP contribution in [0.1, 0.15) is 226 Å². The molecule has 0 aromatic carbocycles. The van der Waals surface area contributed by atoms with E-state index in [0.29, 0.717) is 31.9 Å². The summed E-state index contributed by atoms with van der Waals surface area (Å²) >= 11 is 0. The lowest BCUT2D eigenvalue weighted by Gasteiger charge is -2.23. The highest BCUT2D eigenvalue weighted by molar-refractivity contribution is 5.70. The van der Waals surface area contributed by atoms with Gasteiger partial charge in [-0.3, -0.25) is 14.5 Å². The van der Waals surface area contributed by atoms with Gasteiger partial charge in [0.1, 0.15) is 12.7 Å². The van der Waals surface area contributed by atoms with Gasteiger partial charge in [0.15, 0.2) is 0 Å². The van der Waals surface area contributed by atoms with Crippen LogP contribution in [-0.2, 0) is 19.1 Å². The molecule has 0 aliphatic carbocycles. The van der Waals surface area contributed by atoms with E-state index in [1.54, 1.807) is 0 Å². The Kier molecular flexibility index (Phi) is 39.3. The molecule has 2 saturated heterocycles. The minimum atomic E-state index is -0.364. The van der Waals surface area contributed by atoms with Crippen LogP contribution in [0.3, 0.4) is 0 Å². The second kappa shape index (κ2) is 42.0. The molecule has 2 rings (SSSR count). The van der Waals surface area contributed by atoms with Gasteiger partial charge in [-0.25, -0.2) is 0 Å². The number of likely N-dealkylation sites (tertiary alicyclic amines) is 2. The second-order valence-corrected chi connectivity index (χ2v) is 17.8. The maximum Gasteiger partial charge on any atom is 0.306 e. The third-order valence-electron chi connectivity index (χ3n) is 11.8. The van der Waals surface area contributed by atoms with Crippen molar-refractivity contribution in [1.29, 1.82) is 0 Å². The number of hydrogen-bond donors (Lipinski definition) is 1. The highest BCUT2D eigenvalue weighted by Crippen LogP contribution is 2.15. The Bertz CT molecular complexity index is 959. The van der Waals surface area contributed by atoms with Crippen LogP contribution in [0.25, 0.3) is 0 Å². The lowest BCUT2D eigenvalue weighted by atomic mass is 10.1. The number of carbonyl (C=O) groups is 2. The van der Waals surface area contributed by atoms with E-state index in [0.717, 1.165) is 45.3 Å². The van der Waals surface area contributed by atoms with E-state index in [9.17, 15) is 9.59 Å². The molecule has 0 aromatic rings. The van der Waals surface area contributed by atoms with Crippen molar-refractivity contribution < 1.29 is 24.2 Å². The van der Waals surface area contributed by atoms with Crippen molar-refractivity contribution in [3.8, 4) is 0 Å². The van der Waals surface area contributed by atoms with Gasteiger partial charge in [-0.05, 0) is 122 Å². The van der Waals surface area contributed by atoms with E-state index in [1.807, 2.05) is 0 Å². The fourth-order valence-electron chi connectivity index (χ4n) is 8.02. The minimum absolute atomic E-state index is 0.148. The summed E-state index contributed by atoms with van der Waals surface area (Å²) in [6.45, 7) is 13.4. The average molecular weight is 817 g/mol. The third kappa shape index (κ3) is 36.2. The number of aliphatic hydroxyl groups is 1. The average Bonchev–Trinajstić information content (AvgIpc) is 3.95. The van der Waals surface area contributed by atoms with Gasteiger partial charge in [0.2, 0.25) is 0 Å². The standard InChI is InChI=1S/C43H79NO4.C8H17NO/c1-3-5-7-9-11-13-15-17-19-21-23-25-27-29-31-35-42(45)47-40-41(39-44-37-33-34-38-44)48-43(46)36-32-30-28-26-24-22-20-18-16-14-12-10-8-6-4-2;1-8(7-10)6-9-4-2-3-5-9/h17-20,41H,3-16,21-40H2,1-2H3;8,10H,2-7H2,1H3/b19-17-,20-18-;. The van der Waals surface area contributed by atoms with Crippen LogP contribution in [0.5, 0.6) is 0 Å². The molecule has 7 nitrogen and oxygen atoms in total. The Morgan fingerprint density at radius 1 is 0.517 bits per heavy atom. The molecule has 0 amide bonds.